The van der Waals surface area contributed by atoms with Crippen LogP contribution >= 0.6 is 11.6 Å². The number of aromatic nitrogens is 2. The summed E-state index contributed by atoms with van der Waals surface area (Å²) in [6.45, 7) is 0.472. The molecule has 1 heterocycles. The third kappa shape index (κ3) is 5.22. The summed E-state index contributed by atoms with van der Waals surface area (Å²) in [5.41, 5.74) is 13.9. The smallest absolute Gasteiger partial charge is 0.0882 e. The fourth-order valence-corrected chi connectivity index (χ4v) is 1.45. The molecule has 18 heavy (non-hydrogen) atoms. The second-order valence-corrected chi connectivity index (χ2v) is 4.18. The van der Waals surface area contributed by atoms with Gasteiger partial charge in [-0.25, -0.2) is 0 Å². The van der Waals surface area contributed by atoms with Gasteiger partial charge >= 0.3 is 0 Å². The molecule has 0 spiro atoms. The quantitative estimate of drug-likeness (QED) is 0.585. The second-order valence-electron chi connectivity index (χ2n) is 2.97. The minimum absolute atomic E-state index is 0. The van der Waals surface area contributed by atoms with Crippen LogP contribution in [0.5, 0.6) is 0 Å². The van der Waals surface area contributed by atoms with Crippen molar-refractivity contribution in [3.63, 3.8) is 0 Å². The molecule has 4 nitrogen and oxygen atoms in total. The largest absolute Gasteiger partial charge is 0.760 e. The number of rotatable bonds is 1. The standard InChI is InChI=1S/C8H5ClN2S2.C2H6N2.Zn/c9-4-1-2-5-6(3-4)11-8(13)7(12)10-5;3-1-2-4;/h1-3H,(H,10,12)(H,11,13);3-4H,1-2H2;/q;-2;/p-2. The molecule has 0 aliphatic heterocycles. The van der Waals surface area contributed by atoms with E-state index >= 15 is 0 Å². The molecule has 2 N–H and O–H groups in total. The average molecular weight is 350 g/mol. The van der Waals surface area contributed by atoms with Gasteiger partial charge in [-0.15, -0.1) is 0 Å². The number of nitrogens with one attached hydrogen (secondary N) is 2. The average Bonchev–Trinajstić information content (AvgIpc) is 2.31. The molecule has 1 aromatic heterocycles. The maximum absolute atomic E-state index is 6.26. The Labute approximate surface area is 134 Å². The second kappa shape index (κ2) is 8.85. The van der Waals surface area contributed by atoms with Crippen molar-refractivity contribution >= 4 is 47.9 Å². The molecule has 2 aromatic rings. The molecule has 94 valence electrons. The Hall–Kier alpha value is -0.167. The Balaban J connectivity index is 0.000000512. The molecule has 8 heteroatoms. The van der Waals surface area contributed by atoms with E-state index in [9.17, 15) is 0 Å². The Bertz CT molecular complexity index is 510. The molecular weight excluding hydrogens is 341 g/mol. The van der Waals surface area contributed by atoms with Gasteiger partial charge in [0.25, 0.3) is 0 Å². The maximum atomic E-state index is 6.26. The molecule has 0 saturated carbocycles. The van der Waals surface area contributed by atoms with Gasteiger partial charge in [-0.1, -0.05) is 21.7 Å². The van der Waals surface area contributed by atoms with Gasteiger partial charge in [0, 0.05) is 24.5 Å². The van der Waals surface area contributed by atoms with E-state index in [0.29, 0.717) is 20.6 Å². The van der Waals surface area contributed by atoms with Crippen LogP contribution < -0.4 is 0 Å². The zero-order valence-electron chi connectivity index (χ0n) is 9.44. The van der Waals surface area contributed by atoms with Gasteiger partial charge in [0.05, 0.1) is 11.0 Å². The van der Waals surface area contributed by atoms with Crippen LogP contribution in [0.15, 0.2) is 28.3 Å². The molecule has 0 bridgehead atoms. The van der Waals surface area contributed by atoms with Crippen LogP contribution in [0.2, 0.25) is 5.02 Å². The predicted octanol–water partition coefficient (Wildman–Crippen LogP) is 3.18. The maximum Gasteiger partial charge on any atom is 0.0882 e. The Morgan fingerprint density at radius 2 is 1.50 bits per heavy atom. The van der Waals surface area contributed by atoms with Crippen LogP contribution in [-0.2, 0) is 44.7 Å². The van der Waals surface area contributed by atoms with E-state index in [0.717, 1.165) is 5.52 Å². The molecule has 0 aliphatic carbocycles. The minimum Gasteiger partial charge on any atom is -0.760 e. The zero-order valence-corrected chi connectivity index (χ0v) is 14.8. The zero-order chi connectivity index (χ0) is 12.8. The molecule has 0 radical (unpaired) electrons. The number of nitrogens with zero attached hydrogens (tertiary/aromatic N) is 2. The molecule has 0 saturated heterocycles. The molecule has 0 unspecified atom stereocenters. The van der Waals surface area contributed by atoms with Crippen molar-refractivity contribution in [2.24, 2.45) is 0 Å². The van der Waals surface area contributed by atoms with Gasteiger partial charge < -0.3 is 36.7 Å². The number of fused-ring (bicyclic) bond motifs is 1. The Morgan fingerprint density at radius 1 is 1.00 bits per heavy atom. The third-order valence-corrected chi connectivity index (χ3v) is 2.62. The summed E-state index contributed by atoms with van der Waals surface area (Å²) in [5.74, 6) is 0. The van der Waals surface area contributed by atoms with Crippen LogP contribution in [0.4, 0.5) is 0 Å². The van der Waals surface area contributed by atoms with Gasteiger partial charge in [0.2, 0.25) is 0 Å². The van der Waals surface area contributed by atoms with E-state index in [1.807, 2.05) is 0 Å². The van der Waals surface area contributed by atoms with Gasteiger partial charge in [0.15, 0.2) is 0 Å². The SMILES string of the molecule is [NH-]CC[NH-].[S-]c1nc2ccc(Cl)cc2nc1[S-].[Zn]. The summed E-state index contributed by atoms with van der Waals surface area (Å²) in [7, 11) is 0. The van der Waals surface area contributed by atoms with Crippen molar-refractivity contribution in [1.82, 2.24) is 9.97 Å². The first-order chi connectivity index (χ1) is 8.08. The van der Waals surface area contributed by atoms with Gasteiger partial charge in [-0.2, -0.15) is 13.1 Å². The first-order valence-electron chi connectivity index (χ1n) is 4.69. The summed E-state index contributed by atoms with van der Waals surface area (Å²) < 4.78 is 0. The predicted molar refractivity (Wildman–Crippen MR) is 74.2 cm³/mol. The molecule has 0 amide bonds. The topological polar surface area (TPSA) is 73.4 Å². The molecule has 1 aromatic carbocycles. The van der Waals surface area contributed by atoms with Crippen molar-refractivity contribution in [3.8, 4) is 0 Å². The van der Waals surface area contributed by atoms with Gasteiger partial charge in [-0.05, 0) is 18.2 Å². The molecule has 0 aliphatic rings. The molecule has 0 fully saturated rings. The summed E-state index contributed by atoms with van der Waals surface area (Å²) in [6, 6.07) is 5.24. The van der Waals surface area contributed by atoms with Gasteiger partial charge in [0.1, 0.15) is 0 Å². The van der Waals surface area contributed by atoms with Crippen molar-refractivity contribution in [2.75, 3.05) is 13.1 Å². The summed E-state index contributed by atoms with van der Waals surface area (Å²) in [4.78, 5) is 8.21. The van der Waals surface area contributed by atoms with E-state index in [1.165, 1.54) is 0 Å². The van der Waals surface area contributed by atoms with Crippen LogP contribution in [0.3, 0.4) is 0 Å². The van der Waals surface area contributed by atoms with E-state index in [2.05, 4.69) is 9.97 Å². The van der Waals surface area contributed by atoms with E-state index in [1.54, 1.807) is 18.2 Å². The van der Waals surface area contributed by atoms with Crippen LogP contribution in [0.25, 0.3) is 22.5 Å². The third-order valence-electron chi connectivity index (χ3n) is 1.69. The van der Waals surface area contributed by atoms with E-state index in [4.69, 9.17) is 48.3 Å². The summed E-state index contributed by atoms with van der Waals surface area (Å²) >= 11 is 15.6. The molecule has 2 rings (SSSR count). The first kappa shape index (κ1) is 17.8. The summed E-state index contributed by atoms with van der Waals surface area (Å²) in [6.07, 6.45) is 0. The van der Waals surface area contributed by atoms with Gasteiger partial charge in [-0.3, -0.25) is 9.97 Å². The number of hydrogen-bond acceptors (Lipinski definition) is 4. The number of halogens is 1. The number of benzene rings is 1. The Morgan fingerprint density at radius 3 is 2.00 bits per heavy atom. The molecular formula is C10H9ClN4S2Zn-4. The van der Waals surface area contributed by atoms with Crippen LogP contribution in [0, 0.1) is 0 Å². The van der Waals surface area contributed by atoms with Crippen molar-refractivity contribution in [3.05, 3.63) is 34.7 Å². The summed E-state index contributed by atoms with van der Waals surface area (Å²) in [5, 5.41) is 1.34. The monoisotopic (exact) mass is 348 g/mol. The van der Waals surface area contributed by atoms with Crippen molar-refractivity contribution < 1.29 is 19.5 Å². The van der Waals surface area contributed by atoms with Crippen molar-refractivity contribution in [1.29, 1.82) is 0 Å². The van der Waals surface area contributed by atoms with Crippen molar-refractivity contribution in [2.45, 2.75) is 10.1 Å². The molecule has 0 atom stereocenters. The number of hydrogen-bond donors (Lipinski definition) is 0. The fraction of sp³-hybridized carbons (Fsp3) is 0.200. The van der Waals surface area contributed by atoms with E-state index < -0.39 is 0 Å². The first-order valence-corrected chi connectivity index (χ1v) is 5.88. The minimum atomic E-state index is 0. The van der Waals surface area contributed by atoms with E-state index in [-0.39, 0.29) is 32.6 Å². The fourth-order valence-electron chi connectivity index (χ4n) is 0.995. The van der Waals surface area contributed by atoms with Crippen LogP contribution in [0.1, 0.15) is 0 Å². The Kier molecular flexibility index (Phi) is 8.77. The van der Waals surface area contributed by atoms with Crippen LogP contribution in [-0.4, -0.2) is 23.1 Å². The normalized spacial score (nSPS) is 9.28.